The van der Waals surface area contributed by atoms with Gasteiger partial charge < -0.3 is 16.0 Å². The number of hydrogen-bond acceptors (Lipinski definition) is 4. The van der Waals surface area contributed by atoms with Gasteiger partial charge in [-0.1, -0.05) is 6.92 Å². The molecule has 1 fully saturated rings. The van der Waals surface area contributed by atoms with Crippen molar-refractivity contribution in [2.24, 2.45) is 0 Å². The molecule has 20 heavy (non-hydrogen) atoms. The monoisotopic (exact) mass is 288 g/mol. The third-order valence-corrected chi connectivity index (χ3v) is 3.54. The third-order valence-electron chi connectivity index (χ3n) is 3.54. The molecule has 1 saturated heterocycles. The molecule has 2 rings (SSSR count). The van der Waals surface area contributed by atoms with Crippen molar-refractivity contribution >= 4 is 11.4 Å². The van der Waals surface area contributed by atoms with E-state index in [-0.39, 0.29) is 11.7 Å². The van der Waals surface area contributed by atoms with E-state index in [1.165, 1.54) is 0 Å². The lowest BCUT2D eigenvalue weighted by atomic mass is 10.1. The average molecular weight is 288 g/mol. The number of nitrogens with zero attached hydrogens (tertiary/aromatic N) is 2. The summed E-state index contributed by atoms with van der Waals surface area (Å²) in [5.74, 6) is 0. The molecular formula is C13H19F3N4. The molecule has 7 heteroatoms. The molecule has 1 aliphatic rings. The highest BCUT2D eigenvalue weighted by atomic mass is 19.4. The van der Waals surface area contributed by atoms with Crippen molar-refractivity contribution in [1.82, 2.24) is 9.88 Å². The van der Waals surface area contributed by atoms with E-state index in [4.69, 9.17) is 5.73 Å². The summed E-state index contributed by atoms with van der Waals surface area (Å²) in [7, 11) is 0. The first kappa shape index (κ1) is 14.9. The summed E-state index contributed by atoms with van der Waals surface area (Å²) in [6, 6.07) is 1.11. The minimum absolute atomic E-state index is 0.120. The highest BCUT2D eigenvalue weighted by Crippen LogP contribution is 2.31. The molecule has 0 spiro atoms. The molecular weight excluding hydrogens is 269 g/mol. The van der Waals surface area contributed by atoms with Crippen LogP contribution >= 0.6 is 0 Å². The molecule has 0 aliphatic carbocycles. The Morgan fingerprint density at radius 3 is 2.90 bits per heavy atom. The van der Waals surface area contributed by atoms with Crippen LogP contribution in [0.5, 0.6) is 0 Å². The Labute approximate surface area is 116 Å². The molecule has 1 atom stereocenters. The molecule has 4 nitrogen and oxygen atoms in total. The Morgan fingerprint density at radius 2 is 2.25 bits per heavy atom. The zero-order valence-electron chi connectivity index (χ0n) is 11.4. The van der Waals surface area contributed by atoms with Gasteiger partial charge in [0, 0.05) is 12.6 Å². The van der Waals surface area contributed by atoms with E-state index in [1.807, 2.05) is 0 Å². The first-order valence-corrected chi connectivity index (χ1v) is 6.71. The number of likely N-dealkylation sites (N-methyl/N-ethyl adjacent to an activating group) is 1. The van der Waals surface area contributed by atoms with Gasteiger partial charge in [0.25, 0.3) is 0 Å². The summed E-state index contributed by atoms with van der Waals surface area (Å²) < 4.78 is 38.0. The maximum Gasteiger partial charge on any atom is 0.433 e. The second-order valence-electron chi connectivity index (χ2n) is 5.03. The van der Waals surface area contributed by atoms with Gasteiger partial charge in [-0.15, -0.1) is 0 Å². The first-order valence-electron chi connectivity index (χ1n) is 6.71. The Bertz CT molecular complexity index is 461. The van der Waals surface area contributed by atoms with Gasteiger partial charge in [0.1, 0.15) is 5.69 Å². The summed E-state index contributed by atoms with van der Waals surface area (Å²) >= 11 is 0. The van der Waals surface area contributed by atoms with E-state index in [9.17, 15) is 13.2 Å². The molecule has 1 unspecified atom stereocenters. The molecule has 3 N–H and O–H groups in total. The quantitative estimate of drug-likeness (QED) is 0.897. The van der Waals surface area contributed by atoms with Gasteiger partial charge in [-0.25, -0.2) is 4.98 Å². The number of nitrogen functional groups attached to an aromatic ring is 1. The lowest BCUT2D eigenvalue weighted by Crippen LogP contribution is -2.42. The Kier molecular flexibility index (Phi) is 4.37. The number of anilines is 2. The van der Waals surface area contributed by atoms with Crippen molar-refractivity contribution < 1.29 is 13.2 Å². The number of nitrogens with two attached hydrogens (primary N) is 1. The second kappa shape index (κ2) is 5.87. The topological polar surface area (TPSA) is 54.2 Å². The molecule has 1 aromatic heterocycles. The van der Waals surface area contributed by atoms with E-state index in [2.05, 4.69) is 22.1 Å². The minimum atomic E-state index is -4.45. The maximum absolute atomic E-state index is 12.7. The van der Waals surface area contributed by atoms with E-state index in [0.717, 1.165) is 44.7 Å². The second-order valence-corrected chi connectivity index (χ2v) is 5.03. The normalized spacial score (nSPS) is 20.9. The van der Waals surface area contributed by atoms with Gasteiger partial charge in [0.2, 0.25) is 0 Å². The molecule has 2 heterocycles. The van der Waals surface area contributed by atoms with Crippen molar-refractivity contribution in [3.63, 3.8) is 0 Å². The van der Waals surface area contributed by atoms with E-state index in [1.54, 1.807) is 0 Å². The minimum Gasteiger partial charge on any atom is -0.396 e. The van der Waals surface area contributed by atoms with Crippen molar-refractivity contribution in [1.29, 1.82) is 0 Å². The van der Waals surface area contributed by atoms with E-state index >= 15 is 0 Å². The number of likely N-dealkylation sites (tertiary alicyclic amines) is 1. The molecule has 0 radical (unpaired) electrons. The number of halogens is 3. The number of alkyl halides is 3. The van der Waals surface area contributed by atoms with E-state index < -0.39 is 11.9 Å². The number of hydrogen-bond donors (Lipinski definition) is 2. The summed E-state index contributed by atoms with van der Waals surface area (Å²) in [6.07, 6.45) is -1.43. The van der Waals surface area contributed by atoms with Crippen molar-refractivity contribution in [3.05, 3.63) is 18.0 Å². The Hall–Kier alpha value is -1.50. The highest BCUT2D eigenvalue weighted by Gasteiger charge is 2.33. The van der Waals surface area contributed by atoms with Crippen LogP contribution in [-0.2, 0) is 6.18 Å². The fraction of sp³-hybridized carbons (Fsp3) is 0.615. The fourth-order valence-electron chi connectivity index (χ4n) is 2.43. The predicted octanol–water partition coefficient (Wildman–Crippen LogP) is 2.58. The molecule has 0 saturated carbocycles. The van der Waals surface area contributed by atoms with Gasteiger partial charge >= 0.3 is 6.18 Å². The van der Waals surface area contributed by atoms with Crippen LogP contribution in [0.1, 0.15) is 25.5 Å². The summed E-state index contributed by atoms with van der Waals surface area (Å²) in [4.78, 5) is 5.60. The first-order chi connectivity index (χ1) is 9.40. The fourth-order valence-corrected chi connectivity index (χ4v) is 2.43. The van der Waals surface area contributed by atoms with Crippen LogP contribution in [0.4, 0.5) is 24.5 Å². The molecule has 0 aromatic carbocycles. The van der Waals surface area contributed by atoms with Crippen LogP contribution in [0.3, 0.4) is 0 Å². The Balaban J connectivity index is 2.12. The summed E-state index contributed by atoms with van der Waals surface area (Å²) in [6.45, 7) is 4.87. The predicted molar refractivity (Wildman–Crippen MR) is 72.4 cm³/mol. The standard InChI is InChI=1S/C13H19F3N4/c1-2-20-5-3-4-9(8-20)19-11-6-12(13(14,15)16)18-7-10(11)17/h6-7,9H,2-5,8,17H2,1H3,(H,18,19). The number of pyridine rings is 1. The van der Waals surface area contributed by atoms with Crippen LogP contribution in [0.15, 0.2) is 12.3 Å². The van der Waals surface area contributed by atoms with Crippen molar-refractivity contribution in [3.8, 4) is 0 Å². The van der Waals surface area contributed by atoms with Crippen molar-refractivity contribution in [2.45, 2.75) is 32.0 Å². The largest absolute Gasteiger partial charge is 0.433 e. The van der Waals surface area contributed by atoms with Crippen LogP contribution in [0.25, 0.3) is 0 Å². The van der Waals surface area contributed by atoms with Gasteiger partial charge in [-0.2, -0.15) is 13.2 Å². The van der Waals surface area contributed by atoms with Crippen LogP contribution in [0.2, 0.25) is 0 Å². The average Bonchev–Trinajstić information content (AvgIpc) is 2.40. The lowest BCUT2D eigenvalue weighted by Gasteiger charge is -2.33. The molecule has 1 aliphatic heterocycles. The van der Waals surface area contributed by atoms with Crippen LogP contribution in [0, 0.1) is 0 Å². The zero-order chi connectivity index (χ0) is 14.8. The number of piperidine rings is 1. The highest BCUT2D eigenvalue weighted by molar-refractivity contribution is 5.65. The molecule has 0 bridgehead atoms. The number of nitrogens with one attached hydrogen (secondary N) is 1. The molecule has 1 aromatic rings. The van der Waals surface area contributed by atoms with Gasteiger partial charge in [-0.05, 0) is 32.0 Å². The lowest BCUT2D eigenvalue weighted by molar-refractivity contribution is -0.141. The van der Waals surface area contributed by atoms with Gasteiger partial charge in [0.15, 0.2) is 0 Å². The van der Waals surface area contributed by atoms with Crippen LogP contribution < -0.4 is 11.1 Å². The van der Waals surface area contributed by atoms with Gasteiger partial charge in [0.05, 0.1) is 17.6 Å². The van der Waals surface area contributed by atoms with Gasteiger partial charge in [-0.3, -0.25) is 0 Å². The number of aromatic nitrogens is 1. The number of rotatable bonds is 3. The summed E-state index contributed by atoms with van der Waals surface area (Å²) in [5.41, 5.74) is 5.35. The third kappa shape index (κ3) is 3.53. The molecule has 112 valence electrons. The van der Waals surface area contributed by atoms with Crippen molar-refractivity contribution in [2.75, 3.05) is 30.7 Å². The Morgan fingerprint density at radius 1 is 1.50 bits per heavy atom. The zero-order valence-corrected chi connectivity index (χ0v) is 11.4. The maximum atomic E-state index is 12.7. The summed E-state index contributed by atoms with van der Waals surface area (Å²) in [5, 5.41) is 3.12. The molecule has 0 amide bonds. The SMILES string of the molecule is CCN1CCCC(Nc2cc(C(F)(F)F)ncc2N)C1. The van der Waals surface area contributed by atoms with Crippen LogP contribution in [-0.4, -0.2) is 35.6 Å². The van der Waals surface area contributed by atoms with E-state index in [0.29, 0.717) is 5.69 Å². The smallest absolute Gasteiger partial charge is 0.396 e.